The summed E-state index contributed by atoms with van der Waals surface area (Å²) in [4.78, 5) is 28.7. The Labute approximate surface area is 169 Å². The van der Waals surface area contributed by atoms with Gasteiger partial charge >= 0.3 is 6.09 Å². The van der Waals surface area contributed by atoms with E-state index in [9.17, 15) is 9.59 Å². The molecule has 146 valence electrons. The first-order valence-corrected chi connectivity index (χ1v) is 10.0. The van der Waals surface area contributed by atoms with Crippen molar-refractivity contribution in [3.63, 3.8) is 0 Å². The van der Waals surface area contributed by atoms with Gasteiger partial charge in [0.2, 0.25) is 5.91 Å². The highest BCUT2D eigenvalue weighted by atomic mass is 16.6. The predicted molar refractivity (Wildman–Crippen MR) is 112 cm³/mol. The minimum absolute atomic E-state index is 0.137. The maximum Gasteiger partial charge on any atom is 0.414 e. The lowest BCUT2D eigenvalue weighted by molar-refractivity contribution is -0.131. The lowest BCUT2D eigenvalue weighted by atomic mass is 9.96. The zero-order chi connectivity index (χ0) is 19.8. The Hall–Kier alpha value is -3.34. The Morgan fingerprint density at radius 2 is 1.79 bits per heavy atom. The zero-order valence-corrected chi connectivity index (χ0v) is 16.1. The molecule has 2 amide bonds. The van der Waals surface area contributed by atoms with Crippen molar-refractivity contribution < 1.29 is 14.3 Å². The van der Waals surface area contributed by atoms with Crippen LogP contribution in [0.3, 0.4) is 0 Å². The monoisotopic (exact) mass is 386 g/mol. The molecular weight excluding hydrogens is 364 g/mol. The molecule has 3 aromatic rings. The average Bonchev–Trinajstić information content (AvgIpc) is 3.19. The number of ether oxygens (including phenoxy) is 1. The molecule has 0 aliphatic carbocycles. The highest BCUT2D eigenvalue weighted by Gasteiger charge is 2.29. The number of nitrogens with zero attached hydrogens (tertiary/aromatic N) is 2. The Kier molecular flexibility index (Phi) is 4.43. The SMILES string of the molecule is O=C(Cc1cccc2ccccc12)N1CCc2c(cccc2N2CCOC2=O)C1. The second-order valence-electron chi connectivity index (χ2n) is 7.56. The third-order valence-electron chi connectivity index (χ3n) is 5.87. The Balaban J connectivity index is 1.37. The number of carbonyl (C=O) groups excluding carboxylic acids is 2. The van der Waals surface area contributed by atoms with Gasteiger partial charge in [-0.15, -0.1) is 0 Å². The van der Waals surface area contributed by atoms with Gasteiger partial charge in [-0.2, -0.15) is 0 Å². The van der Waals surface area contributed by atoms with Crippen molar-refractivity contribution >= 4 is 28.5 Å². The molecular formula is C24H22N2O3. The smallest absolute Gasteiger partial charge is 0.414 e. The summed E-state index contributed by atoms with van der Waals surface area (Å²) >= 11 is 0. The van der Waals surface area contributed by atoms with Gasteiger partial charge in [0, 0.05) is 13.1 Å². The highest BCUT2D eigenvalue weighted by Crippen LogP contribution is 2.31. The number of amides is 2. The summed E-state index contributed by atoms with van der Waals surface area (Å²) < 4.78 is 5.09. The van der Waals surface area contributed by atoms with Gasteiger partial charge in [0.15, 0.2) is 0 Å². The number of fused-ring (bicyclic) bond motifs is 2. The van der Waals surface area contributed by atoms with E-state index in [1.807, 2.05) is 41.3 Å². The molecule has 0 atom stereocenters. The minimum atomic E-state index is -0.284. The predicted octanol–water partition coefficient (Wildman–Crippen LogP) is 3.92. The number of benzene rings is 3. The first-order valence-electron chi connectivity index (χ1n) is 10.0. The number of anilines is 1. The summed E-state index contributed by atoms with van der Waals surface area (Å²) in [6, 6.07) is 20.3. The summed E-state index contributed by atoms with van der Waals surface area (Å²) in [5.74, 6) is 0.137. The molecule has 5 nitrogen and oxygen atoms in total. The van der Waals surface area contributed by atoms with Crippen LogP contribution in [-0.4, -0.2) is 36.6 Å². The fourth-order valence-corrected chi connectivity index (χ4v) is 4.39. The maximum absolute atomic E-state index is 13.1. The molecule has 29 heavy (non-hydrogen) atoms. The molecule has 5 rings (SSSR count). The van der Waals surface area contributed by atoms with Gasteiger partial charge in [-0.05, 0) is 39.9 Å². The van der Waals surface area contributed by atoms with E-state index in [1.165, 1.54) is 0 Å². The van der Waals surface area contributed by atoms with Crippen LogP contribution in [0.4, 0.5) is 10.5 Å². The molecule has 1 fully saturated rings. The van der Waals surface area contributed by atoms with Gasteiger partial charge < -0.3 is 9.64 Å². The topological polar surface area (TPSA) is 49.9 Å². The Bertz CT molecular complexity index is 1100. The zero-order valence-electron chi connectivity index (χ0n) is 16.1. The summed E-state index contributed by atoms with van der Waals surface area (Å²) in [5, 5.41) is 2.29. The number of cyclic esters (lactones) is 1. The normalized spacial score (nSPS) is 16.1. The van der Waals surface area contributed by atoms with Crippen molar-refractivity contribution in [1.82, 2.24) is 4.90 Å². The van der Waals surface area contributed by atoms with E-state index in [-0.39, 0.29) is 12.0 Å². The van der Waals surface area contributed by atoms with E-state index in [2.05, 4.69) is 24.3 Å². The van der Waals surface area contributed by atoms with Crippen LogP contribution in [0.2, 0.25) is 0 Å². The fourth-order valence-electron chi connectivity index (χ4n) is 4.39. The molecule has 2 aliphatic rings. The first-order chi connectivity index (χ1) is 14.2. The Morgan fingerprint density at radius 1 is 0.966 bits per heavy atom. The van der Waals surface area contributed by atoms with Crippen molar-refractivity contribution in [2.75, 3.05) is 24.6 Å². The molecule has 0 N–H and O–H groups in total. The van der Waals surface area contributed by atoms with Crippen LogP contribution in [-0.2, 0) is 28.9 Å². The van der Waals surface area contributed by atoms with Crippen LogP contribution >= 0.6 is 0 Å². The maximum atomic E-state index is 13.1. The quantitative estimate of drug-likeness (QED) is 0.685. The van der Waals surface area contributed by atoms with Gasteiger partial charge in [0.05, 0.1) is 18.7 Å². The third-order valence-corrected chi connectivity index (χ3v) is 5.87. The summed E-state index contributed by atoms with van der Waals surface area (Å²) in [5.41, 5.74) is 4.25. The van der Waals surface area contributed by atoms with Gasteiger partial charge in [0.1, 0.15) is 6.61 Å². The van der Waals surface area contributed by atoms with E-state index in [4.69, 9.17) is 4.74 Å². The van der Waals surface area contributed by atoms with E-state index in [0.717, 1.165) is 39.6 Å². The number of hydrogen-bond acceptors (Lipinski definition) is 3. The number of carbonyl (C=O) groups is 2. The number of rotatable bonds is 3. The molecule has 2 aliphatic heterocycles. The fraction of sp³-hybridized carbons (Fsp3) is 0.250. The highest BCUT2D eigenvalue weighted by molar-refractivity contribution is 5.92. The molecule has 0 spiro atoms. The van der Waals surface area contributed by atoms with Crippen molar-refractivity contribution in [1.29, 1.82) is 0 Å². The summed E-state index contributed by atoms with van der Waals surface area (Å²) in [6.07, 6.45) is 0.860. The Morgan fingerprint density at radius 3 is 2.66 bits per heavy atom. The lowest BCUT2D eigenvalue weighted by Crippen LogP contribution is -2.38. The van der Waals surface area contributed by atoms with Crippen molar-refractivity contribution in [2.45, 2.75) is 19.4 Å². The second kappa shape index (κ2) is 7.24. The molecule has 0 saturated carbocycles. The van der Waals surface area contributed by atoms with Crippen LogP contribution in [0.1, 0.15) is 16.7 Å². The van der Waals surface area contributed by atoms with Gasteiger partial charge in [-0.3, -0.25) is 9.69 Å². The van der Waals surface area contributed by atoms with E-state index in [1.54, 1.807) is 4.90 Å². The second-order valence-corrected chi connectivity index (χ2v) is 7.56. The largest absolute Gasteiger partial charge is 0.447 e. The first kappa shape index (κ1) is 17.7. The molecule has 0 radical (unpaired) electrons. The minimum Gasteiger partial charge on any atom is -0.447 e. The molecule has 2 heterocycles. The van der Waals surface area contributed by atoms with Gasteiger partial charge in [-0.25, -0.2) is 4.79 Å². The molecule has 0 aromatic heterocycles. The van der Waals surface area contributed by atoms with Crippen LogP contribution in [0, 0.1) is 0 Å². The van der Waals surface area contributed by atoms with Gasteiger partial charge in [-0.1, -0.05) is 54.6 Å². The molecule has 0 bridgehead atoms. The van der Waals surface area contributed by atoms with Gasteiger partial charge in [0.25, 0.3) is 0 Å². The van der Waals surface area contributed by atoms with Crippen LogP contribution in [0.5, 0.6) is 0 Å². The van der Waals surface area contributed by atoms with E-state index in [0.29, 0.717) is 32.7 Å². The van der Waals surface area contributed by atoms with Crippen molar-refractivity contribution in [3.8, 4) is 0 Å². The molecule has 5 heteroatoms. The summed E-state index contributed by atoms with van der Waals surface area (Å²) in [7, 11) is 0. The summed E-state index contributed by atoms with van der Waals surface area (Å²) in [6.45, 7) is 2.25. The van der Waals surface area contributed by atoms with Crippen LogP contribution in [0.25, 0.3) is 10.8 Å². The lowest BCUT2D eigenvalue weighted by Gasteiger charge is -2.31. The average molecular weight is 386 g/mol. The van der Waals surface area contributed by atoms with E-state index >= 15 is 0 Å². The van der Waals surface area contributed by atoms with Crippen molar-refractivity contribution in [3.05, 3.63) is 77.4 Å². The molecule has 3 aromatic carbocycles. The van der Waals surface area contributed by atoms with E-state index < -0.39 is 0 Å². The van der Waals surface area contributed by atoms with Crippen LogP contribution < -0.4 is 4.90 Å². The third kappa shape index (κ3) is 3.23. The molecule has 1 saturated heterocycles. The standard InChI is InChI=1S/C24H22N2O3/c27-23(15-18-7-3-6-17-5-1-2-9-20(17)18)25-12-11-21-19(16-25)8-4-10-22(21)26-13-14-29-24(26)28/h1-10H,11-16H2. The van der Waals surface area contributed by atoms with Crippen molar-refractivity contribution in [2.24, 2.45) is 0 Å². The van der Waals surface area contributed by atoms with Crippen LogP contribution in [0.15, 0.2) is 60.7 Å². The molecule has 0 unspecified atom stereocenters. The number of hydrogen-bond donors (Lipinski definition) is 0.